The maximum atomic E-state index is 16.5. The van der Waals surface area contributed by atoms with Crippen molar-refractivity contribution in [3.8, 4) is 18.1 Å². The van der Waals surface area contributed by atoms with Gasteiger partial charge in [0.1, 0.15) is 29.8 Å². The molecule has 256 valence electrons. The molecular weight excluding hydrogens is 658 g/mol. The lowest BCUT2D eigenvalue weighted by Crippen LogP contribution is -2.42. The smallest absolute Gasteiger partial charge is 0.323 e. The van der Waals surface area contributed by atoms with Crippen molar-refractivity contribution in [1.29, 1.82) is 0 Å². The number of benzene rings is 2. The lowest BCUT2D eigenvalue weighted by Gasteiger charge is -2.28. The zero-order chi connectivity index (χ0) is 35.0. The first-order valence-corrected chi connectivity index (χ1v) is 17.9. The molecule has 1 fully saturated rings. The van der Waals surface area contributed by atoms with Gasteiger partial charge in [0.15, 0.2) is 23.2 Å². The molecule has 0 spiro atoms. The number of nitrogens with one attached hydrogen (secondary N) is 1. The zero-order valence-corrected chi connectivity index (χ0v) is 29.6. The summed E-state index contributed by atoms with van der Waals surface area (Å²) in [5.41, 5.74) is -2.28. The van der Waals surface area contributed by atoms with Crippen LogP contribution >= 0.6 is 6.64 Å². The van der Waals surface area contributed by atoms with E-state index in [0.717, 1.165) is 10.8 Å². The molecule has 48 heavy (non-hydrogen) atoms. The summed E-state index contributed by atoms with van der Waals surface area (Å²) in [4.78, 5) is 28.0. The average molecular weight is 699 g/mol. The van der Waals surface area contributed by atoms with Gasteiger partial charge in [0.05, 0.1) is 19.5 Å². The topological polar surface area (TPSA) is 133 Å². The van der Waals surface area contributed by atoms with E-state index >= 15 is 4.39 Å². The molecule has 0 radical (unpaired) electrons. The fraction of sp³-hybridized carbons (Fsp3) is 0.455. The molecular formula is C33H40FN6O6PS. The van der Waals surface area contributed by atoms with Gasteiger partial charge in [-0.3, -0.25) is 9.36 Å². The van der Waals surface area contributed by atoms with E-state index in [4.69, 9.17) is 36.8 Å². The number of esters is 1. The largest absolute Gasteiger partial charge is 0.464 e. The highest BCUT2D eigenvalue weighted by Crippen LogP contribution is 2.49. The fourth-order valence-electron chi connectivity index (χ4n) is 5.17. The maximum Gasteiger partial charge on any atom is 0.323 e. The predicted molar refractivity (Wildman–Crippen MR) is 185 cm³/mol. The van der Waals surface area contributed by atoms with Gasteiger partial charge in [0, 0.05) is 19.5 Å². The number of aliphatic hydroxyl groups is 1. The molecule has 3 heterocycles. The Morgan fingerprint density at radius 1 is 1.27 bits per heavy atom. The van der Waals surface area contributed by atoms with Crippen molar-refractivity contribution in [2.45, 2.75) is 64.8 Å². The van der Waals surface area contributed by atoms with Crippen LogP contribution in [0.1, 0.15) is 39.7 Å². The quantitative estimate of drug-likeness (QED) is 0.126. The number of rotatable bonds is 11. The molecule has 1 aliphatic heterocycles. The number of terminal acetylenes is 1. The molecule has 0 aliphatic carbocycles. The minimum atomic E-state index is -3.62. The van der Waals surface area contributed by atoms with Gasteiger partial charge in [0.2, 0.25) is 5.67 Å². The van der Waals surface area contributed by atoms with E-state index in [1.165, 1.54) is 10.9 Å². The van der Waals surface area contributed by atoms with Gasteiger partial charge < -0.3 is 28.5 Å². The van der Waals surface area contributed by atoms with Gasteiger partial charge in [-0.25, -0.2) is 24.4 Å². The highest BCUT2D eigenvalue weighted by atomic mass is 32.5. The minimum absolute atomic E-state index is 0.184. The Morgan fingerprint density at radius 3 is 2.67 bits per heavy atom. The average Bonchev–Trinajstić information content (AvgIpc) is 3.55. The molecule has 0 amide bonds. The second kappa shape index (κ2) is 13.7. The van der Waals surface area contributed by atoms with E-state index in [-0.39, 0.29) is 17.7 Å². The molecule has 0 bridgehead atoms. The van der Waals surface area contributed by atoms with E-state index in [0.29, 0.717) is 22.9 Å². The Kier molecular flexibility index (Phi) is 10.1. The van der Waals surface area contributed by atoms with Crippen LogP contribution in [0.2, 0.25) is 0 Å². The standard InChI is InChI=1S/C33H40FN6O6PS/c1-9-33(34)27(41)25(45-31(33)40-19-35-26-28(39(7)8)36-21(3)37-29(26)40)17-44-47(48,38-20(2)30(42)43-18-32(4,5)6)46-24-16-12-14-22-13-10-11-15-23(22)24/h1,10-16,19-20,25,27,31,41H,17-18H2,2-8H3,(H,38,48)/t20-,25+,27+,31+,33+,47+/m0/s1. The van der Waals surface area contributed by atoms with Crippen molar-refractivity contribution >= 4 is 52.2 Å². The number of aromatic nitrogens is 4. The SMILES string of the molecule is C#C[C@@]1(F)[C@H](O)[C@@H](CO[P@](=S)(N[C@@H](C)C(=O)OCC(C)(C)C)Oc2cccc3ccccc23)O[C@H]1n1cnc2c(N(C)C)nc(C)nc21. The Hall–Kier alpha value is -3.70. The molecule has 12 nitrogen and oxygen atoms in total. The van der Waals surface area contributed by atoms with Crippen molar-refractivity contribution in [2.24, 2.45) is 5.41 Å². The summed E-state index contributed by atoms with van der Waals surface area (Å²) in [5, 5.41) is 15.9. The van der Waals surface area contributed by atoms with E-state index in [1.807, 2.05) is 51.1 Å². The van der Waals surface area contributed by atoms with E-state index in [9.17, 15) is 9.90 Å². The summed E-state index contributed by atoms with van der Waals surface area (Å²) in [5.74, 6) is 2.87. The number of anilines is 1. The number of halogens is 1. The summed E-state index contributed by atoms with van der Waals surface area (Å²) >= 11 is 5.92. The second-order valence-corrected chi connectivity index (χ2v) is 16.2. The van der Waals surface area contributed by atoms with E-state index in [1.54, 1.807) is 45.0 Å². The monoisotopic (exact) mass is 698 g/mol. The first kappa shape index (κ1) is 35.6. The number of fused-ring (bicyclic) bond motifs is 2. The minimum Gasteiger partial charge on any atom is -0.464 e. The molecule has 5 rings (SSSR count). The molecule has 6 atom stereocenters. The van der Waals surface area contributed by atoms with Crippen LogP contribution < -0.4 is 14.5 Å². The van der Waals surface area contributed by atoms with Crippen molar-refractivity contribution in [2.75, 3.05) is 32.2 Å². The summed E-state index contributed by atoms with van der Waals surface area (Å²) in [6.45, 7) is 5.24. The van der Waals surface area contributed by atoms with Gasteiger partial charge in [-0.2, -0.15) is 0 Å². The summed E-state index contributed by atoms with van der Waals surface area (Å²) in [6, 6.07) is 12.1. The second-order valence-electron chi connectivity index (χ2n) is 13.1. The number of nitrogens with zero attached hydrogens (tertiary/aromatic N) is 5. The van der Waals surface area contributed by atoms with Gasteiger partial charge in [-0.1, -0.05) is 63.1 Å². The number of alkyl halides is 1. The van der Waals surface area contributed by atoms with Crippen LogP contribution in [-0.2, 0) is 30.6 Å². The Labute approximate surface area is 284 Å². The van der Waals surface area contributed by atoms with E-state index < -0.39 is 49.4 Å². The van der Waals surface area contributed by atoms with Crippen molar-refractivity contribution in [3.63, 3.8) is 0 Å². The lowest BCUT2D eigenvalue weighted by atomic mass is 9.97. The molecule has 0 saturated carbocycles. The summed E-state index contributed by atoms with van der Waals surface area (Å²) in [7, 11) is 3.60. The molecule has 1 aliphatic rings. The Balaban J connectivity index is 1.43. The number of aliphatic hydroxyl groups excluding tert-OH is 1. The van der Waals surface area contributed by atoms with E-state index in [2.05, 4.69) is 26.0 Å². The van der Waals surface area contributed by atoms with Crippen molar-refractivity contribution in [1.82, 2.24) is 24.6 Å². The third-order valence-corrected chi connectivity index (χ3v) is 10.1. The fourth-order valence-corrected chi connectivity index (χ4v) is 7.59. The van der Waals surface area contributed by atoms with Crippen LogP contribution in [0, 0.1) is 24.7 Å². The summed E-state index contributed by atoms with van der Waals surface area (Å²) < 4.78 is 42.0. The van der Waals surface area contributed by atoms with Gasteiger partial charge in [-0.05, 0) is 42.5 Å². The van der Waals surface area contributed by atoms with Crippen LogP contribution in [0.4, 0.5) is 10.2 Å². The number of carbonyl (C=O) groups is 1. The first-order valence-electron chi connectivity index (χ1n) is 15.3. The van der Waals surface area contributed by atoms with Crippen molar-refractivity contribution < 1.29 is 32.8 Å². The Bertz CT molecular complexity index is 1910. The molecule has 2 aromatic carbocycles. The molecule has 15 heteroatoms. The number of hydrogen-bond donors (Lipinski definition) is 2. The number of carbonyl (C=O) groups excluding carboxylic acids is 1. The molecule has 0 unspecified atom stereocenters. The van der Waals surface area contributed by atoms with Crippen LogP contribution in [0.15, 0.2) is 48.8 Å². The van der Waals surface area contributed by atoms with Crippen LogP contribution in [0.3, 0.4) is 0 Å². The predicted octanol–water partition coefficient (Wildman–Crippen LogP) is 4.84. The third-order valence-electron chi connectivity index (χ3n) is 7.59. The molecule has 2 N–H and O–H groups in total. The number of imidazole rings is 1. The Morgan fingerprint density at radius 2 is 1.98 bits per heavy atom. The maximum absolute atomic E-state index is 16.5. The highest BCUT2D eigenvalue weighted by molar-refractivity contribution is 8.09. The summed E-state index contributed by atoms with van der Waals surface area (Å²) in [6.07, 6.45) is 2.38. The zero-order valence-electron chi connectivity index (χ0n) is 27.9. The molecule has 2 aromatic heterocycles. The molecule has 1 saturated heterocycles. The van der Waals surface area contributed by atoms with Crippen molar-refractivity contribution in [3.05, 3.63) is 54.6 Å². The van der Waals surface area contributed by atoms with Gasteiger partial charge in [0.25, 0.3) is 0 Å². The van der Waals surface area contributed by atoms with Gasteiger partial charge >= 0.3 is 12.6 Å². The lowest BCUT2D eigenvalue weighted by molar-refractivity contribution is -0.148. The third kappa shape index (κ3) is 7.32. The van der Waals surface area contributed by atoms with Crippen LogP contribution in [0.25, 0.3) is 21.9 Å². The normalized spacial score (nSPS) is 23.0. The van der Waals surface area contributed by atoms with Gasteiger partial charge in [-0.15, -0.1) is 6.42 Å². The van der Waals surface area contributed by atoms with Crippen LogP contribution in [-0.4, -0.2) is 81.8 Å². The van der Waals surface area contributed by atoms with Crippen LogP contribution in [0.5, 0.6) is 5.75 Å². The highest BCUT2D eigenvalue weighted by Gasteiger charge is 2.58. The molecule has 4 aromatic rings. The number of ether oxygens (including phenoxy) is 2. The number of aryl methyl sites for hydroxylation is 1. The number of hydrogen-bond acceptors (Lipinski definition) is 11. The first-order chi connectivity index (χ1) is 22.5.